The van der Waals surface area contributed by atoms with Crippen molar-refractivity contribution in [2.75, 3.05) is 7.11 Å². The van der Waals surface area contributed by atoms with Crippen molar-refractivity contribution in [1.82, 2.24) is 20.5 Å². The lowest BCUT2D eigenvalue weighted by Gasteiger charge is -2.09. The van der Waals surface area contributed by atoms with Crippen LogP contribution in [0.15, 0.2) is 24.4 Å². The number of carbonyl (C=O) groups excluding carboxylic acids is 1. The van der Waals surface area contributed by atoms with Crippen LogP contribution in [0.1, 0.15) is 21.6 Å². The van der Waals surface area contributed by atoms with Gasteiger partial charge in [-0.1, -0.05) is 11.3 Å². The SMILES string of the molecule is CONC(=O)c1cn(Cc2ccc(F)c(C(F)(F)F)c2)nn1. The van der Waals surface area contributed by atoms with Crippen LogP contribution >= 0.6 is 0 Å². The topological polar surface area (TPSA) is 69.0 Å². The molecule has 2 aromatic rings. The van der Waals surface area contributed by atoms with Crippen LogP contribution in [0, 0.1) is 5.82 Å². The predicted octanol–water partition coefficient (Wildman–Crippen LogP) is 1.78. The predicted molar refractivity (Wildman–Crippen MR) is 65.0 cm³/mol. The molecule has 1 aromatic heterocycles. The highest BCUT2D eigenvalue weighted by molar-refractivity contribution is 5.90. The van der Waals surface area contributed by atoms with Gasteiger partial charge < -0.3 is 0 Å². The molecule has 118 valence electrons. The van der Waals surface area contributed by atoms with Crippen molar-refractivity contribution in [2.24, 2.45) is 0 Å². The van der Waals surface area contributed by atoms with Crippen LogP contribution in [0.4, 0.5) is 17.6 Å². The van der Waals surface area contributed by atoms with Crippen LogP contribution in [0.3, 0.4) is 0 Å². The molecule has 1 N–H and O–H groups in total. The number of amides is 1. The van der Waals surface area contributed by atoms with Gasteiger partial charge in [0.25, 0.3) is 5.91 Å². The Balaban J connectivity index is 2.20. The number of halogens is 4. The Hall–Kier alpha value is -2.49. The fourth-order valence-corrected chi connectivity index (χ4v) is 1.70. The van der Waals surface area contributed by atoms with Gasteiger partial charge in [-0.15, -0.1) is 5.10 Å². The Morgan fingerprint density at radius 2 is 2.14 bits per heavy atom. The summed E-state index contributed by atoms with van der Waals surface area (Å²) in [6.07, 6.45) is -3.56. The zero-order chi connectivity index (χ0) is 16.3. The largest absolute Gasteiger partial charge is 0.419 e. The van der Waals surface area contributed by atoms with Crippen LogP contribution in [-0.2, 0) is 17.6 Å². The third-order valence-electron chi connectivity index (χ3n) is 2.65. The molecule has 0 aliphatic rings. The number of benzene rings is 1. The smallest absolute Gasteiger partial charge is 0.277 e. The number of carbonyl (C=O) groups is 1. The van der Waals surface area contributed by atoms with Gasteiger partial charge in [-0.05, 0) is 17.7 Å². The lowest BCUT2D eigenvalue weighted by Crippen LogP contribution is -2.22. The van der Waals surface area contributed by atoms with Crippen molar-refractivity contribution in [1.29, 1.82) is 0 Å². The molecule has 2 rings (SSSR count). The first-order chi connectivity index (χ1) is 10.3. The lowest BCUT2D eigenvalue weighted by molar-refractivity contribution is -0.140. The second-order valence-electron chi connectivity index (χ2n) is 4.25. The molecule has 22 heavy (non-hydrogen) atoms. The van der Waals surface area contributed by atoms with Crippen molar-refractivity contribution >= 4 is 5.91 Å². The van der Waals surface area contributed by atoms with Crippen molar-refractivity contribution < 1.29 is 27.2 Å². The van der Waals surface area contributed by atoms with Crippen LogP contribution in [0.25, 0.3) is 0 Å². The highest BCUT2D eigenvalue weighted by atomic mass is 19.4. The molecule has 1 heterocycles. The van der Waals surface area contributed by atoms with Gasteiger partial charge in [0.1, 0.15) is 5.82 Å². The van der Waals surface area contributed by atoms with Gasteiger partial charge in [-0.25, -0.2) is 14.6 Å². The van der Waals surface area contributed by atoms with E-state index in [0.717, 1.165) is 10.7 Å². The Kier molecular flexibility index (Phi) is 4.40. The first-order valence-electron chi connectivity index (χ1n) is 5.90. The molecule has 0 spiro atoms. The molecule has 0 saturated carbocycles. The van der Waals surface area contributed by atoms with Gasteiger partial charge in [-0.2, -0.15) is 13.2 Å². The third-order valence-corrected chi connectivity index (χ3v) is 2.65. The standard InChI is InChI=1S/C12H10F4N4O2/c1-22-18-11(21)10-6-20(19-17-10)5-7-2-3-9(13)8(4-7)12(14,15)16/h2-4,6H,5H2,1H3,(H,18,21). The minimum Gasteiger partial charge on any atom is -0.277 e. The molecule has 0 aliphatic carbocycles. The van der Waals surface area contributed by atoms with Gasteiger partial charge in [0, 0.05) is 0 Å². The second kappa shape index (κ2) is 6.10. The average Bonchev–Trinajstić information content (AvgIpc) is 2.88. The molecular formula is C12H10F4N4O2. The first-order valence-corrected chi connectivity index (χ1v) is 5.90. The molecule has 0 saturated heterocycles. The highest BCUT2D eigenvalue weighted by Gasteiger charge is 2.34. The normalized spacial score (nSPS) is 11.5. The number of rotatable bonds is 4. The molecule has 0 radical (unpaired) electrons. The maximum Gasteiger partial charge on any atom is 0.419 e. The van der Waals surface area contributed by atoms with Crippen molar-refractivity contribution in [3.05, 3.63) is 47.0 Å². The minimum atomic E-state index is -4.79. The fourth-order valence-electron chi connectivity index (χ4n) is 1.70. The Morgan fingerprint density at radius 1 is 1.41 bits per heavy atom. The lowest BCUT2D eigenvalue weighted by atomic mass is 10.1. The van der Waals surface area contributed by atoms with Gasteiger partial charge in [0.05, 0.1) is 25.4 Å². The monoisotopic (exact) mass is 318 g/mol. The maximum absolute atomic E-state index is 13.2. The third kappa shape index (κ3) is 3.58. The molecule has 0 unspecified atom stereocenters. The molecule has 0 atom stereocenters. The van der Waals surface area contributed by atoms with Crippen molar-refractivity contribution in [3.63, 3.8) is 0 Å². The minimum absolute atomic E-state index is 0.0694. The van der Waals surface area contributed by atoms with Gasteiger partial charge in [-0.3, -0.25) is 9.63 Å². The summed E-state index contributed by atoms with van der Waals surface area (Å²) in [5.74, 6) is -2.00. The number of alkyl halides is 3. The van der Waals surface area contributed by atoms with Crippen LogP contribution in [0.2, 0.25) is 0 Å². The first kappa shape index (κ1) is 15.9. The average molecular weight is 318 g/mol. The Bertz CT molecular complexity index is 684. The molecule has 0 bridgehead atoms. The van der Waals surface area contributed by atoms with Crippen LogP contribution in [0.5, 0.6) is 0 Å². The molecule has 6 nitrogen and oxygen atoms in total. The molecule has 0 fully saturated rings. The van der Waals surface area contributed by atoms with E-state index in [2.05, 4.69) is 15.1 Å². The summed E-state index contributed by atoms with van der Waals surface area (Å²) in [6, 6.07) is 2.61. The Morgan fingerprint density at radius 3 is 2.77 bits per heavy atom. The molecule has 1 aromatic carbocycles. The summed E-state index contributed by atoms with van der Waals surface area (Å²) in [5, 5.41) is 7.15. The summed E-state index contributed by atoms with van der Waals surface area (Å²) < 4.78 is 52.2. The highest BCUT2D eigenvalue weighted by Crippen LogP contribution is 2.31. The van der Waals surface area contributed by atoms with E-state index < -0.39 is 23.5 Å². The quantitative estimate of drug-likeness (QED) is 0.689. The van der Waals surface area contributed by atoms with E-state index in [0.29, 0.717) is 6.07 Å². The van der Waals surface area contributed by atoms with E-state index in [1.807, 2.05) is 5.48 Å². The summed E-state index contributed by atoms with van der Waals surface area (Å²) in [5.41, 5.74) is 0.758. The molecule has 0 aliphatic heterocycles. The van der Waals surface area contributed by atoms with Crippen molar-refractivity contribution in [3.8, 4) is 0 Å². The van der Waals surface area contributed by atoms with Gasteiger partial charge >= 0.3 is 6.18 Å². The van der Waals surface area contributed by atoms with E-state index in [1.165, 1.54) is 19.4 Å². The number of hydroxylamine groups is 1. The van der Waals surface area contributed by atoms with Crippen LogP contribution < -0.4 is 5.48 Å². The number of hydrogen-bond donors (Lipinski definition) is 1. The fraction of sp³-hybridized carbons (Fsp3) is 0.250. The second-order valence-corrected chi connectivity index (χ2v) is 4.25. The number of hydrogen-bond acceptors (Lipinski definition) is 4. The summed E-state index contributed by atoms with van der Waals surface area (Å²) in [4.78, 5) is 15.8. The van der Waals surface area contributed by atoms with E-state index in [9.17, 15) is 22.4 Å². The Labute approximate surface area is 121 Å². The van der Waals surface area contributed by atoms with E-state index in [1.54, 1.807) is 0 Å². The van der Waals surface area contributed by atoms with Crippen LogP contribution in [-0.4, -0.2) is 28.0 Å². The van der Waals surface area contributed by atoms with E-state index in [-0.39, 0.29) is 17.8 Å². The zero-order valence-electron chi connectivity index (χ0n) is 11.2. The molecule has 1 amide bonds. The molecular weight excluding hydrogens is 308 g/mol. The van der Waals surface area contributed by atoms with E-state index in [4.69, 9.17) is 0 Å². The van der Waals surface area contributed by atoms with Gasteiger partial charge in [0.2, 0.25) is 0 Å². The number of aromatic nitrogens is 3. The van der Waals surface area contributed by atoms with E-state index >= 15 is 0 Å². The molecule has 10 heteroatoms. The zero-order valence-corrected chi connectivity index (χ0v) is 11.2. The summed E-state index contributed by atoms with van der Waals surface area (Å²) in [7, 11) is 1.24. The van der Waals surface area contributed by atoms with Crippen molar-refractivity contribution in [2.45, 2.75) is 12.7 Å². The summed E-state index contributed by atoms with van der Waals surface area (Å²) in [6.45, 7) is -0.101. The maximum atomic E-state index is 13.2. The number of nitrogens with one attached hydrogen (secondary N) is 1. The van der Waals surface area contributed by atoms with Gasteiger partial charge in [0.15, 0.2) is 5.69 Å². The number of nitrogens with zero attached hydrogens (tertiary/aromatic N) is 3. The summed E-state index contributed by atoms with van der Waals surface area (Å²) >= 11 is 0.